The number of ketones is 1. The van der Waals surface area contributed by atoms with Crippen LogP contribution in [0.5, 0.6) is 0 Å². The molecule has 0 aliphatic rings. The fraction of sp³-hybridized carbons (Fsp3) is 0. The first kappa shape index (κ1) is 13.8. The Kier molecular flexibility index (Phi) is 3.73. The van der Waals surface area contributed by atoms with Crippen LogP contribution in [0.1, 0.15) is 16.1 Å². The van der Waals surface area contributed by atoms with Crippen molar-refractivity contribution in [3.05, 3.63) is 69.8 Å². The number of H-pyrrole nitrogens is 1. The van der Waals surface area contributed by atoms with Crippen LogP contribution in [0.3, 0.4) is 0 Å². The first-order valence-electron chi connectivity index (χ1n) is 6.13. The van der Waals surface area contributed by atoms with E-state index in [0.29, 0.717) is 16.3 Å². The van der Waals surface area contributed by atoms with Crippen molar-refractivity contribution in [3.8, 4) is 11.3 Å². The monoisotopic (exact) mass is 317 g/mol. The van der Waals surface area contributed by atoms with Gasteiger partial charge in [0, 0.05) is 16.1 Å². The highest BCUT2D eigenvalue weighted by Gasteiger charge is 2.21. The van der Waals surface area contributed by atoms with Crippen LogP contribution in [-0.2, 0) is 0 Å². The number of rotatable bonds is 3. The SMILES string of the molecule is O=C(c1ccc(Cl)cc1Cl)c1n[nH]nc1-c1ccccc1. The number of nitrogens with one attached hydrogen (secondary N) is 1. The Balaban J connectivity index is 2.06. The summed E-state index contributed by atoms with van der Waals surface area (Å²) >= 11 is 11.9. The van der Waals surface area contributed by atoms with Crippen LogP contribution in [0, 0.1) is 0 Å². The van der Waals surface area contributed by atoms with Crippen molar-refractivity contribution in [2.24, 2.45) is 0 Å². The van der Waals surface area contributed by atoms with Gasteiger partial charge in [0.2, 0.25) is 5.78 Å². The molecule has 0 atom stereocenters. The molecule has 4 nitrogen and oxygen atoms in total. The third-order valence-corrected chi connectivity index (χ3v) is 3.53. The highest BCUT2D eigenvalue weighted by molar-refractivity contribution is 6.37. The maximum atomic E-state index is 12.6. The molecule has 0 amide bonds. The second-order valence-electron chi connectivity index (χ2n) is 4.34. The minimum Gasteiger partial charge on any atom is -0.287 e. The summed E-state index contributed by atoms with van der Waals surface area (Å²) in [5.41, 5.74) is 1.86. The van der Waals surface area contributed by atoms with Gasteiger partial charge in [-0.2, -0.15) is 15.4 Å². The van der Waals surface area contributed by atoms with Gasteiger partial charge in [0.05, 0.1) is 5.02 Å². The molecule has 0 aliphatic carbocycles. The standard InChI is InChI=1S/C15H9Cl2N3O/c16-10-6-7-11(12(17)8-10)15(21)14-13(18-20-19-14)9-4-2-1-3-5-9/h1-8H,(H,18,19,20). The fourth-order valence-corrected chi connectivity index (χ4v) is 2.48. The number of hydrogen-bond acceptors (Lipinski definition) is 3. The molecule has 0 spiro atoms. The van der Waals surface area contributed by atoms with Gasteiger partial charge >= 0.3 is 0 Å². The zero-order valence-electron chi connectivity index (χ0n) is 10.7. The van der Waals surface area contributed by atoms with E-state index in [4.69, 9.17) is 23.2 Å². The molecule has 3 aromatic rings. The van der Waals surface area contributed by atoms with Gasteiger partial charge in [-0.25, -0.2) is 0 Å². The van der Waals surface area contributed by atoms with Crippen LogP contribution in [0.25, 0.3) is 11.3 Å². The number of nitrogens with zero attached hydrogens (tertiary/aromatic N) is 2. The molecule has 0 unspecified atom stereocenters. The lowest BCUT2D eigenvalue weighted by Gasteiger charge is -2.03. The lowest BCUT2D eigenvalue weighted by molar-refractivity contribution is 0.103. The molecule has 6 heteroatoms. The Labute approximate surface area is 130 Å². The third-order valence-electron chi connectivity index (χ3n) is 2.99. The molecule has 1 heterocycles. The maximum Gasteiger partial charge on any atom is 0.217 e. The Morgan fingerprint density at radius 3 is 2.48 bits per heavy atom. The number of carbonyl (C=O) groups excluding carboxylic acids is 1. The number of aromatic amines is 1. The molecule has 0 saturated heterocycles. The van der Waals surface area contributed by atoms with Gasteiger partial charge in [-0.1, -0.05) is 53.5 Å². The van der Waals surface area contributed by atoms with Gasteiger partial charge in [0.25, 0.3) is 0 Å². The summed E-state index contributed by atoms with van der Waals surface area (Å²) in [5.74, 6) is -0.302. The zero-order chi connectivity index (χ0) is 14.8. The summed E-state index contributed by atoms with van der Waals surface area (Å²) in [6.07, 6.45) is 0. The van der Waals surface area contributed by atoms with Crippen molar-refractivity contribution in [2.45, 2.75) is 0 Å². The van der Waals surface area contributed by atoms with Gasteiger partial charge in [0.15, 0.2) is 5.69 Å². The summed E-state index contributed by atoms with van der Waals surface area (Å²) in [6.45, 7) is 0. The molecule has 0 saturated carbocycles. The van der Waals surface area contributed by atoms with E-state index in [2.05, 4.69) is 15.4 Å². The summed E-state index contributed by atoms with van der Waals surface area (Å²) < 4.78 is 0. The molecule has 3 rings (SSSR count). The topological polar surface area (TPSA) is 58.6 Å². The summed E-state index contributed by atoms with van der Waals surface area (Å²) in [4.78, 5) is 12.6. The second-order valence-corrected chi connectivity index (χ2v) is 5.18. The third kappa shape index (κ3) is 2.68. The molecule has 104 valence electrons. The second kappa shape index (κ2) is 5.68. The summed E-state index contributed by atoms with van der Waals surface area (Å²) in [7, 11) is 0. The molecule has 0 aliphatic heterocycles. The Bertz CT molecular complexity index is 800. The van der Waals surface area contributed by atoms with Crippen molar-refractivity contribution in [1.29, 1.82) is 0 Å². The first-order valence-corrected chi connectivity index (χ1v) is 6.88. The van der Waals surface area contributed by atoms with Crippen LogP contribution in [0.4, 0.5) is 0 Å². The zero-order valence-corrected chi connectivity index (χ0v) is 12.2. The number of halogens is 2. The van der Waals surface area contributed by atoms with Crippen molar-refractivity contribution in [1.82, 2.24) is 15.4 Å². The predicted molar refractivity (Wildman–Crippen MR) is 81.7 cm³/mol. The largest absolute Gasteiger partial charge is 0.287 e. The Hall–Kier alpha value is -2.17. The van der Waals surface area contributed by atoms with Gasteiger partial charge in [-0.05, 0) is 18.2 Å². The highest BCUT2D eigenvalue weighted by atomic mass is 35.5. The van der Waals surface area contributed by atoms with Crippen LogP contribution in [-0.4, -0.2) is 21.2 Å². The van der Waals surface area contributed by atoms with E-state index in [0.717, 1.165) is 5.56 Å². The minimum atomic E-state index is -0.302. The molecule has 0 radical (unpaired) electrons. The van der Waals surface area contributed by atoms with E-state index in [1.165, 1.54) is 6.07 Å². The van der Waals surface area contributed by atoms with Crippen molar-refractivity contribution < 1.29 is 4.79 Å². The van der Waals surface area contributed by atoms with Gasteiger partial charge in [-0.15, -0.1) is 0 Å². The maximum absolute atomic E-state index is 12.6. The van der Waals surface area contributed by atoms with E-state index in [9.17, 15) is 4.79 Å². The highest BCUT2D eigenvalue weighted by Crippen LogP contribution is 2.26. The summed E-state index contributed by atoms with van der Waals surface area (Å²) in [5, 5.41) is 11.3. The summed E-state index contributed by atoms with van der Waals surface area (Å²) in [6, 6.07) is 14.1. The molecule has 2 aromatic carbocycles. The fourth-order valence-electron chi connectivity index (χ4n) is 1.99. The molecule has 0 fully saturated rings. The molecule has 21 heavy (non-hydrogen) atoms. The first-order chi connectivity index (χ1) is 10.2. The quantitative estimate of drug-likeness (QED) is 0.742. The van der Waals surface area contributed by atoms with E-state index in [-0.39, 0.29) is 16.5 Å². The van der Waals surface area contributed by atoms with E-state index in [1.54, 1.807) is 12.1 Å². The van der Waals surface area contributed by atoms with Crippen LogP contribution >= 0.6 is 23.2 Å². The van der Waals surface area contributed by atoms with E-state index >= 15 is 0 Å². The average Bonchev–Trinajstić information content (AvgIpc) is 2.97. The number of aromatic nitrogens is 3. The van der Waals surface area contributed by atoms with Crippen molar-refractivity contribution in [3.63, 3.8) is 0 Å². The molecular weight excluding hydrogens is 309 g/mol. The molecule has 1 aromatic heterocycles. The smallest absolute Gasteiger partial charge is 0.217 e. The number of hydrogen-bond donors (Lipinski definition) is 1. The Morgan fingerprint density at radius 1 is 1.00 bits per heavy atom. The number of carbonyl (C=O) groups is 1. The van der Waals surface area contributed by atoms with E-state index in [1.807, 2.05) is 30.3 Å². The Morgan fingerprint density at radius 2 is 1.76 bits per heavy atom. The van der Waals surface area contributed by atoms with Crippen molar-refractivity contribution >= 4 is 29.0 Å². The predicted octanol–water partition coefficient (Wildman–Crippen LogP) is 4.01. The molecular formula is C15H9Cl2N3O. The van der Waals surface area contributed by atoms with Gasteiger partial charge in [0.1, 0.15) is 5.69 Å². The van der Waals surface area contributed by atoms with Crippen molar-refractivity contribution in [2.75, 3.05) is 0 Å². The van der Waals surface area contributed by atoms with Crippen LogP contribution in [0.2, 0.25) is 10.0 Å². The van der Waals surface area contributed by atoms with Crippen LogP contribution < -0.4 is 0 Å². The normalized spacial score (nSPS) is 10.6. The number of benzene rings is 2. The molecule has 1 N–H and O–H groups in total. The average molecular weight is 318 g/mol. The van der Waals surface area contributed by atoms with E-state index < -0.39 is 0 Å². The van der Waals surface area contributed by atoms with Gasteiger partial charge in [-0.3, -0.25) is 4.79 Å². The molecule has 0 bridgehead atoms. The minimum absolute atomic E-state index is 0.227. The lowest BCUT2D eigenvalue weighted by Crippen LogP contribution is -2.04. The van der Waals surface area contributed by atoms with Crippen LogP contribution in [0.15, 0.2) is 48.5 Å². The van der Waals surface area contributed by atoms with Gasteiger partial charge < -0.3 is 0 Å². The lowest BCUT2D eigenvalue weighted by atomic mass is 10.0.